The van der Waals surface area contributed by atoms with Crippen LogP contribution in [0.2, 0.25) is 0 Å². The van der Waals surface area contributed by atoms with Crippen molar-refractivity contribution in [2.24, 2.45) is 17.3 Å². The van der Waals surface area contributed by atoms with Crippen LogP contribution in [0.1, 0.15) is 49.1 Å². The van der Waals surface area contributed by atoms with Crippen LogP contribution in [0, 0.1) is 17.3 Å². The number of alkyl halides is 1. The summed E-state index contributed by atoms with van der Waals surface area (Å²) < 4.78 is 13.8. The van der Waals surface area contributed by atoms with Gasteiger partial charge in [-0.2, -0.15) is 0 Å². The van der Waals surface area contributed by atoms with Gasteiger partial charge in [0.05, 0.1) is 12.8 Å². The minimum absolute atomic E-state index is 0.332. The maximum absolute atomic E-state index is 13.8. The maximum atomic E-state index is 13.8. The lowest BCUT2D eigenvalue weighted by Crippen LogP contribution is -2.47. The Bertz CT molecular complexity index is 558. The number of halogens is 1. The summed E-state index contributed by atoms with van der Waals surface area (Å²) in [6.07, 6.45) is 5.10. The van der Waals surface area contributed by atoms with Crippen molar-refractivity contribution in [2.75, 3.05) is 6.67 Å². The molecule has 5 atom stereocenters. The zero-order chi connectivity index (χ0) is 14.6. The molecule has 2 N–H and O–H groups in total. The third-order valence-electron chi connectivity index (χ3n) is 6.63. The standard InChI is InChI=1S/C18H23FO2/c19-10-18-8-7-14-13-4-2-12(20)9-11(13)1-3-15(14)16(18)5-6-17(18)21/h2,4,9,14-17,20-21H,1,3,5-8,10H2/t14-,15-,16+,17+,18+/m1/s1. The van der Waals surface area contributed by atoms with Gasteiger partial charge in [-0.05, 0) is 79.5 Å². The molecular weight excluding hydrogens is 267 g/mol. The van der Waals surface area contributed by atoms with E-state index in [1.54, 1.807) is 6.07 Å². The van der Waals surface area contributed by atoms with Crippen molar-refractivity contribution in [2.45, 2.75) is 50.5 Å². The highest BCUT2D eigenvalue weighted by Crippen LogP contribution is 2.61. The summed E-state index contributed by atoms with van der Waals surface area (Å²) in [4.78, 5) is 0. The van der Waals surface area contributed by atoms with Crippen LogP contribution in [0.3, 0.4) is 0 Å². The highest BCUT2D eigenvalue weighted by molar-refractivity contribution is 5.40. The van der Waals surface area contributed by atoms with E-state index in [-0.39, 0.29) is 6.67 Å². The number of phenols is 1. The Morgan fingerprint density at radius 2 is 2.05 bits per heavy atom. The fraction of sp³-hybridized carbons (Fsp3) is 0.667. The van der Waals surface area contributed by atoms with E-state index in [4.69, 9.17) is 0 Å². The van der Waals surface area contributed by atoms with Crippen molar-refractivity contribution >= 4 is 0 Å². The van der Waals surface area contributed by atoms with Gasteiger partial charge in [0.25, 0.3) is 0 Å². The lowest BCUT2D eigenvalue weighted by Gasteiger charge is -2.50. The smallest absolute Gasteiger partial charge is 0.115 e. The van der Waals surface area contributed by atoms with Crippen LogP contribution in [0.4, 0.5) is 4.39 Å². The van der Waals surface area contributed by atoms with E-state index in [1.165, 1.54) is 11.1 Å². The Hall–Kier alpha value is -1.09. The average Bonchev–Trinajstić information content (AvgIpc) is 2.84. The Morgan fingerprint density at radius 3 is 2.86 bits per heavy atom. The van der Waals surface area contributed by atoms with Gasteiger partial charge in [0.1, 0.15) is 5.75 Å². The summed E-state index contributed by atoms with van der Waals surface area (Å²) in [5, 5.41) is 20.0. The van der Waals surface area contributed by atoms with Crippen molar-refractivity contribution in [1.82, 2.24) is 0 Å². The predicted molar refractivity (Wildman–Crippen MR) is 79.0 cm³/mol. The summed E-state index contributed by atoms with van der Waals surface area (Å²) in [5.74, 6) is 1.67. The van der Waals surface area contributed by atoms with Gasteiger partial charge in [-0.3, -0.25) is 4.39 Å². The molecule has 2 saturated carbocycles. The average molecular weight is 290 g/mol. The number of hydrogen-bond donors (Lipinski definition) is 2. The Labute approximate surface area is 125 Å². The molecule has 0 saturated heterocycles. The van der Waals surface area contributed by atoms with Gasteiger partial charge in [-0.25, -0.2) is 0 Å². The summed E-state index contributed by atoms with van der Waals surface area (Å²) in [6.45, 7) is -0.371. The topological polar surface area (TPSA) is 40.5 Å². The maximum Gasteiger partial charge on any atom is 0.115 e. The molecule has 0 unspecified atom stereocenters. The largest absolute Gasteiger partial charge is 0.508 e. The number of aryl methyl sites for hydroxylation is 1. The van der Waals surface area contributed by atoms with Crippen LogP contribution in [-0.4, -0.2) is 23.0 Å². The Kier molecular flexibility index (Phi) is 3.04. The fourth-order valence-corrected chi connectivity index (χ4v) is 5.61. The molecule has 1 aromatic rings. The molecule has 3 heteroatoms. The van der Waals surface area contributed by atoms with Crippen LogP contribution < -0.4 is 0 Å². The highest BCUT2D eigenvalue weighted by atomic mass is 19.1. The summed E-state index contributed by atoms with van der Waals surface area (Å²) in [7, 11) is 0. The lowest BCUT2D eigenvalue weighted by molar-refractivity contribution is -0.0519. The number of fused-ring (bicyclic) bond motifs is 5. The second kappa shape index (κ2) is 4.70. The first-order valence-corrected chi connectivity index (χ1v) is 8.21. The summed E-state index contributed by atoms with van der Waals surface area (Å²) in [6, 6.07) is 5.74. The first kappa shape index (κ1) is 13.6. The highest BCUT2D eigenvalue weighted by Gasteiger charge is 2.57. The van der Waals surface area contributed by atoms with E-state index < -0.39 is 11.5 Å². The number of aromatic hydroxyl groups is 1. The van der Waals surface area contributed by atoms with Crippen molar-refractivity contribution in [3.8, 4) is 5.75 Å². The molecule has 21 heavy (non-hydrogen) atoms. The zero-order valence-corrected chi connectivity index (χ0v) is 12.3. The number of rotatable bonds is 1. The second-order valence-corrected chi connectivity index (χ2v) is 7.30. The van der Waals surface area contributed by atoms with Crippen molar-refractivity contribution in [3.63, 3.8) is 0 Å². The number of aliphatic hydroxyl groups excluding tert-OH is 1. The van der Waals surface area contributed by atoms with E-state index in [9.17, 15) is 14.6 Å². The van der Waals surface area contributed by atoms with Crippen LogP contribution in [-0.2, 0) is 6.42 Å². The summed E-state index contributed by atoms with van der Waals surface area (Å²) in [5.41, 5.74) is 2.16. The second-order valence-electron chi connectivity index (χ2n) is 7.30. The third kappa shape index (κ3) is 1.79. The van der Waals surface area contributed by atoms with Crippen molar-refractivity contribution in [1.29, 1.82) is 0 Å². The normalized spacial score (nSPS) is 41.2. The molecule has 0 bridgehead atoms. The Balaban J connectivity index is 1.71. The molecule has 0 aliphatic heterocycles. The predicted octanol–water partition coefficient (Wildman–Crippen LogP) is 3.56. The molecule has 3 aliphatic rings. The quantitative estimate of drug-likeness (QED) is 0.830. The number of hydrogen-bond acceptors (Lipinski definition) is 2. The molecule has 2 fully saturated rings. The molecule has 3 aliphatic carbocycles. The van der Waals surface area contributed by atoms with Gasteiger partial charge in [0.2, 0.25) is 0 Å². The SMILES string of the molecule is Oc1ccc2c(c1)CC[C@@H]1[C@@H]2CC[C@@]2(CF)[C@@H](O)CC[C@@H]12. The minimum atomic E-state index is -0.463. The van der Waals surface area contributed by atoms with Crippen LogP contribution in [0.25, 0.3) is 0 Å². The van der Waals surface area contributed by atoms with Gasteiger partial charge < -0.3 is 10.2 Å². The number of benzene rings is 1. The van der Waals surface area contributed by atoms with Crippen LogP contribution in [0.15, 0.2) is 18.2 Å². The van der Waals surface area contributed by atoms with Crippen LogP contribution >= 0.6 is 0 Å². The molecule has 114 valence electrons. The van der Waals surface area contributed by atoms with Gasteiger partial charge in [0, 0.05) is 5.41 Å². The molecule has 4 rings (SSSR count). The van der Waals surface area contributed by atoms with E-state index >= 15 is 0 Å². The first-order valence-electron chi connectivity index (χ1n) is 8.21. The third-order valence-corrected chi connectivity index (χ3v) is 6.63. The number of phenolic OH excluding ortho intramolecular Hbond substituents is 1. The van der Waals surface area contributed by atoms with E-state index in [1.807, 2.05) is 6.07 Å². The van der Waals surface area contributed by atoms with Gasteiger partial charge in [-0.1, -0.05) is 6.07 Å². The van der Waals surface area contributed by atoms with E-state index in [2.05, 4.69) is 6.07 Å². The van der Waals surface area contributed by atoms with E-state index in [0.717, 1.165) is 38.5 Å². The molecule has 0 aromatic heterocycles. The molecule has 1 aromatic carbocycles. The molecular formula is C18H23FO2. The first-order chi connectivity index (χ1) is 10.2. The molecule has 0 heterocycles. The minimum Gasteiger partial charge on any atom is -0.508 e. The fourth-order valence-electron chi connectivity index (χ4n) is 5.61. The van der Waals surface area contributed by atoms with Gasteiger partial charge in [0.15, 0.2) is 0 Å². The summed E-state index contributed by atoms with van der Waals surface area (Å²) >= 11 is 0. The lowest BCUT2D eigenvalue weighted by atomic mass is 9.55. The van der Waals surface area contributed by atoms with Crippen molar-refractivity contribution < 1.29 is 14.6 Å². The van der Waals surface area contributed by atoms with E-state index in [0.29, 0.717) is 23.5 Å². The van der Waals surface area contributed by atoms with Gasteiger partial charge >= 0.3 is 0 Å². The molecule has 0 amide bonds. The van der Waals surface area contributed by atoms with Crippen molar-refractivity contribution in [3.05, 3.63) is 29.3 Å². The monoisotopic (exact) mass is 290 g/mol. The Morgan fingerprint density at radius 1 is 1.19 bits per heavy atom. The van der Waals surface area contributed by atoms with Gasteiger partial charge in [-0.15, -0.1) is 0 Å². The number of aliphatic hydroxyl groups is 1. The molecule has 2 nitrogen and oxygen atoms in total. The zero-order valence-electron chi connectivity index (χ0n) is 12.3. The molecule has 0 radical (unpaired) electrons. The molecule has 0 spiro atoms. The van der Waals surface area contributed by atoms with Crippen LogP contribution in [0.5, 0.6) is 5.75 Å².